The van der Waals surface area contributed by atoms with Crippen LogP contribution in [0.3, 0.4) is 0 Å². The zero-order valence-electron chi connectivity index (χ0n) is 49.8. The standard InChI is InChI=1S/C88H58N2S/c1-3-19-59(20-4-1)60-39-41-64(42-40-60)79-30-11-13-37-85(79)90(86-54-53-76(61-21-5-2-6-22-61)81-31-9-10-32-82(81)86)72-28-16-26-66(57-72)65-25-15-27-71(56-65)89(70-48-45-63(46-49-70)75-34-17-24-62-23-7-8-29-74(62)75)73-50-52-78-69(58-73)44-43-67-55-68(47-51-77(67)78)80-35-18-36-84-83-33-12-14-38-87(83)91-88(80)84/h1-58H. The molecule has 1 heterocycles. The fourth-order valence-electron chi connectivity index (χ4n) is 13.8. The molecule has 0 atom stereocenters. The van der Waals surface area contributed by atoms with Gasteiger partial charge in [0.2, 0.25) is 0 Å². The van der Waals surface area contributed by atoms with E-state index in [1.54, 1.807) is 0 Å². The smallest absolute Gasteiger partial charge is 0.0540 e. The highest BCUT2D eigenvalue weighted by Crippen LogP contribution is 2.48. The lowest BCUT2D eigenvalue weighted by molar-refractivity contribution is 1.29. The summed E-state index contributed by atoms with van der Waals surface area (Å²) in [6, 6.07) is 129. The Morgan fingerprint density at radius 3 is 1.44 bits per heavy atom. The Labute approximate surface area is 533 Å². The number of para-hydroxylation sites is 1. The third-order valence-electron chi connectivity index (χ3n) is 18.2. The summed E-state index contributed by atoms with van der Waals surface area (Å²) in [5.74, 6) is 0. The Hall–Kier alpha value is -11.6. The van der Waals surface area contributed by atoms with Gasteiger partial charge in [-0.05, 0) is 172 Å². The van der Waals surface area contributed by atoms with Crippen molar-refractivity contribution in [1.29, 1.82) is 0 Å². The Balaban J connectivity index is 0.787. The molecule has 1 aromatic heterocycles. The number of hydrogen-bond acceptors (Lipinski definition) is 3. The van der Waals surface area contributed by atoms with E-state index in [-0.39, 0.29) is 0 Å². The highest BCUT2D eigenvalue weighted by molar-refractivity contribution is 7.26. The second-order valence-electron chi connectivity index (χ2n) is 23.5. The van der Waals surface area contributed by atoms with Gasteiger partial charge in [-0.25, -0.2) is 0 Å². The van der Waals surface area contributed by atoms with Gasteiger partial charge in [-0.3, -0.25) is 0 Å². The van der Waals surface area contributed by atoms with Crippen LogP contribution in [0.25, 0.3) is 130 Å². The van der Waals surface area contributed by atoms with Crippen molar-refractivity contribution >= 4 is 109 Å². The second-order valence-corrected chi connectivity index (χ2v) is 24.6. The summed E-state index contributed by atoms with van der Waals surface area (Å²) < 4.78 is 2.65. The van der Waals surface area contributed by atoms with Gasteiger partial charge in [0.15, 0.2) is 0 Å². The van der Waals surface area contributed by atoms with Crippen LogP contribution < -0.4 is 9.80 Å². The molecule has 16 aromatic carbocycles. The van der Waals surface area contributed by atoms with Gasteiger partial charge < -0.3 is 9.80 Å². The van der Waals surface area contributed by atoms with Crippen molar-refractivity contribution in [3.63, 3.8) is 0 Å². The van der Waals surface area contributed by atoms with Crippen LogP contribution in [0, 0.1) is 0 Å². The third-order valence-corrected chi connectivity index (χ3v) is 19.5. The Morgan fingerprint density at radius 1 is 0.187 bits per heavy atom. The molecule has 0 saturated heterocycles. The zero-order chi connectivity index (χ0) is 60.2. The van der Waals surface area contributed by atoms with Gasteiger partial charge in [0.1, 0.15) is 0 Å². The molecule has 0 aliphatic heterocycles. The first-order valence-electron chi connectivity index (χ1n) is 31.2. The number of thiophene rings is 1. The Bertz CT molecular complexity index is 5590. The molecule has 0 spiro atoms. The largest absolute Gasteiger partial charge is 0.310 e. The zero-order valence-corrected chi connectivity index (χ0v) is 50.6. The van der Waals surface area contributed by atoms with Crippen LogP contribution in [-0.2, 0) is 0 Å². The quantitative estimate of drug-likeness (QED) is 0.113. The summed E-state index contributed by atoms with van der Waals surface area (Å²) in [6.45, 7) is 0. The fourth-order valence-corrected chi connectivity index (χ4v) is 15.1. The van der Waals surface area contributed by atoms with Crippen LogP contribution in [0.1, 0.15) is 0 Å². The first-order chi connectivity index (χ1) is 45.1. The Morgan fingerprint density at radius 2 is 0.659 bits per heavy atom. The molecule has 91 heavy (non-hydrogen) atoms. The average Bonchev–Trinajstić information content (AvgIpc) is 1.51. The Kier molecular flexibility index (Phi) is 13.4. The van der Waals surface area contributed by atoms with Gasteiger partial charge >= 0.3 is 0 Å². The summed E-state index contributed by atoms with van der Waals surface area (Å²) in [4.78, 5) is 4.89. The molecular formula is C88H58N2S. The van der Waals surface area contributed by atoms with Gasteiger partial charge in [-0.2, -0.15) is 0 Å². The molecule has 0 aliphatic rings. The average molecular weight is 1180 g/mol. The van der Waals surface area contributed by atoms with Crippen molar-refractivity contribution in [3.05, 3.63) is 352 Å². The number of hydrogen-bond donors (Lipinski definition) is 0. The molecule has 0 unspecified atom stereocenters. The third kappa shape index (κ3) is 9.77. The van der Waals surface area contributed by atoms with Gasteiger partial charge in [-0.1, -0.05) is 279 Å². The van der Waals surface area contributed by atoms with E-state index in [2.05, 4.69) is 362 Å². The molecule has 2 nitrogen and oxygen atoms in total. The van der Waals surface area contributed by atoms with Crippen LogP contribution >= 0.6 is 11.3 Å². The van der Waals surface area contributed by atoms with E-state index in [1.165, 1.54) is 108 Å². The molecule has 0 N–H and O–H groups in total. The van der Waals surface area contributed by atoms with Crippen molar-refractivity contribution in [1.82, 2.24) is 0 Å². The van der Waals surface area contributed by atoms with Gasteiger partial charge in [0.25, 0.3) is 0 Å². The minimum atomic E-state index is 1.06. The number of anilines is 6. The molecule has 3 heteroatoms. The number of benzene rings is 16. The predicted octanol–water partition coefficient (Wildman–Crippen LogP) is 25.6. The predicted molar refractivity (Wildman–Crippen MR) is 391 cm³/mol. The van der Waals surface area contributed by atoms with Crippen molar-refractivity contribution in [3.8, 4) is 66.8 Å². The first kappa shape index (κ1) is 53.6. The van der Waals surface area contributed by atoms with Crippen molar-refractivity contribution in [2.45, 2.75) is 0 Å². The van der Waals surface area contributed by atoms with E-state index < -0.39 is 0 Å². The first-order valence-corrected chi connectivity index (χ1v) is 32.0. The highest BCUT2D eigenvalue weighted by Gasteiger charge is 2.23. The van der Waals surface area contributed by atoms with Crippen molar-refractivity contribution in [2.24, 2.45) is 0 Å². The highest BCUT2D eigenvalue weighted by atomic mass is 32.1. The maximum Gasteiger partial charge on any atom is 0.0540 e. The summed E-state index contributed by atoms with van der Waals surface area (Å²) in [6.07, 6.45) is 0. The monoisotopic (exact) mass is 1170 g/mol. The summed E-state index contributed by atoms with van der Waals surface area (Å²) >= 11 is 1.88. The topological polar surface area (TPSA) is 6.48 Å². The van der Waals surface area contributed by atoms with E-state index in [1.807, 2.05) is 11.3 Å². The molecule has 0 fully saturated rings. The molecule has 17 aromatic rings. The minimum absolute atomic E-state index is 1.06. The van der Waals surface area contributed by atoms with Gasteiger partial charge in [0, 0.05) is 53.9 Å². The van der Waals surface area contributed by atoms with Crippen LogP contribution in [0.4, 0.5) is 34.1 Å². The van der Waals surface area contributed by atoms with E-state index in [4.69, 9.17) is 0 Å². The van der Waals surface area contributed by atoms with Gasteiger partial charge in [0.05, 0.1) is 11.4 Å². The summed E-state index contributed by atoms with van der Waals surface area (Å²) in [5, 5.41) is 12.3. The molecule has 17 rings (SSSR count). The summed E-state index contributed by atoms with van der Waals surface area (Å²) in [7, 11) is 0. The number of rotatable bonds is 12. The number of nitrogens with zero attached hydrogens (tertiary/aromatic N) is 2. The van der Waals surface area contributed by atoms with Crippen LogP contribution in [-0.4, -0.2) is 0 Å². The van der Waals surface area contributed by atoms with E-state index in [9.17, 15) is 0 Å². The van der Waals surface area contributed by atoms with Crippen molar-refractivity contribution in [2.75, 3.05) is 9.80 Å². The molecular weight excluding hydrogens is 1120 g/mol. The second kappa shape index (κ2) is 22.8. The molecule has 0 amide bonds. The van der Waals surface area contributed by atoms with E-state index >= 15 is 0 Å². The maximum absolute atomic E-state index is 2.47. The lowest BCUT2D eigenvalue weighted by atomic mass is 9.95. The SMILES string of the molecule is c1ccc(-c2ccc(-c3ccccc3N(c3cccc(-c4cccc(N(c5ccc(-c6cccc7ccccc67)cc5)c5ccc6c(ccc7cc(-c8cccc9c8sc8ccccc89)ccc76)c5)c4)c3)c3ccc(-c4ccccc4)c4ccccc34)cc2)cc1. The van der Waals surface area contributed by atoms with Crippen LogP contribution in [0.5, 0.6) is 0 Å². The molecule has 0 bridgehead atoms. The summed E-state index contributed by atoms with van der Waals surface area (Å²) in [5.41, 5.74) is 20.6. The molecule has 0 saturated carbocycles. The molecule has 0 aliphatic carbocycles. The van der Waals surface area contributed by atoms with Crippen LogP contribution in [0.15, 0.2) is 352 Å². The lowest BCUT2D eigenvalue weighted by Gasteiger charge is -2.30. The molecule has 0 radical (unpaired) electrons. The van der Waals surface area contributed by atoms with Crippen LogP contribution in [0.2, 0.25) is 0 Å². The van der Waals surface area contributed by atoms with Crippen molar-refractivity contribution < 1.29 is 0 Å². The normalized spacial score (nSPS) is 11.5. The fraction of sp³-hybridized carbons (Fsp3) is 0. The molecule has 426 valence electrons. The van der Waals surface area contributed by atoms with E-state index in [0.29, 0.717) is 0 Å². The lowest BCUT2D eigenvalue weighted by Crippen LogP contribution is -2.12. The maximum atomic E-state index is 2.47. The van der Waals surface area contributed by atoms with Gasteiger partial charge in [-0.15, -0.1) is 11.3 Å². The number of fused-ring (bicyclic) bond motifs is 8. The minimum Gasteiger partial charge on any atom is -0.310 e. The van der Waals surface area contributed by atoms with E-state index in [0.717, 1.165) is 56.4 Å².